The summed E-state index contributed by atoms with van der Waals surface area (Å²) in [6, 6.07) is 3.82. The molecule has 18 heavy (non-hydrogen) atoms. The van der Waals surface area contributed by atoms with Crippen LogP contribution in [0, 0.1) is 0 Å². The minimum absolute atomic E-state index is 0.0206. The normalized spacial score (nSPS) is 13.9. The molecule has 2 rings (SSSR count). The van der Waals surface area contributed by atoms with E-state index in [0.29, 0.717) is 24.7 Å². The maximum atomic E-state index is 11.3. The summed E-state index contributed by atoms with van der Waals surface area (Å²) in [7, 11) is 1.69. The van der Waals surface area contributed by atoms with E-state index in [1.165, 1.54) is 0 Å². The molecule has 0 aliphatic carbocycles. The van der Waals surface area contributed by atoms with Gasteiger partial charge in [-0.2, -0.15) is 4.98 Å². The minimum Gasteiger partial charge on any atom is -0.478 e. The Kier molecular flexibility index (Phi) is 4.52. The van der Waals surface area contributed by atoms with Crippen LogP contribution in [0.25, 0.3) is 0 Å². The Morgan fingerprint density at radius 3 is 2.94 bits per heavy atom. The molecule has 0 saturated heterocycles. The molecule has 0 spiro atoms. The van der Waals surface area contributed by atoms with Gasteiger partial charge in [0, 0.05) is 26.2 Å². The van der Waals surface area contributed by atoms with Gasteiger partial charge in [0.25, 0.3) is 0 Å². The topological polar surface area (TPSA) is 60.5 Å². The molecule has 5 heteroatoms. The molecule has 0 bridgehead atoms. The van der Waals surface area contributed by atoms with Crippen molar-refractivity contribution >= 4 is 11.7 Å². The third-order valence-electron chi connectivity index (χ3n) is 2.83. The number of amides is 1. The Bertz CT molecular complexity index is 421. The lowest BCUT2D eigenvalue weighted by Crippen LogP contribution is -2.20. The van der Waals surface area contributed by atoms with Gasteiger partial charge in [-0.05, 0) is 30.9 Å². The number of unbranched alkanes of at least 4 members (excludes halogenated alkanes) is 1. The summed E-state index contributed by atoms with van der Waals surface area (Å²) < 4.78 is 10.5. The SMILES string of the molecule is COCCCCOc1ccc2c(n1)NC(=O)CC2. The zero-order valence-corrected chi connectivity index (χ0v) is 10.6. The van der Waals surface area contributed by atoms with E-state index in [1.54, 1.807) is 7.11 Å². The lowest BCUT2D eigenvalue weighted by Gasteiger charge is -2.16. The maximum absolute atomic E-state index is 11.3. The molecule has 0 unspecified atom stereocenters. The lowest BCUT2D eigenvalue weighted by molar-refractivity contribution is -0.116. The first-order valence-corrected chi connectivity index (χ1v) is 6.21. The molecule has 0 atom stereocenters. The zero-order chi connectivity index (χ0) is 12.8. The van der Waals surface area contributed by atoms with E-state index < -0.39 is 0 Å². The second kappa shape index (κ2) is 6.35. The predicted octanol–water partition coefficient (Wildman–Crippen LogP) is 1.77. The first-order chi connectivity index (χ1) is 8.79. The number of nitrogens with zero attached hydrogens (tertiary/aromatic N) is 1. The molecule has 98 valence electrons. The average Bonchev–Trinajstić information content (AvgIpc) is 2.38. The molecule has 2 heterocycles. The van der Waals surface area contributed by atoms with Crippen molar-refractivity contribution in [3.63, 3.8) is 0 Å². The lowest BCUT2D eigenvalue weighted by atomic mass is 10.1. The third kappa shape index (κ3) is 3.43. The van der Waals surface area contributed by atoms with Gasteiger partial charge in [-0.3, -0.25) is 4.79 Å². The fraction of sp³-hybridized carbons (Fsp3) is 0.538. The van der Waals surface area contributed by atoms with Crippen LogP contribution in [0.4, 0.5) is 5.82 Å². The molecule has 1 N–H and O–H groups in total. The highest BCUT2D eigenvalue weighted by Gasteiger charge is 2.16. The van der Waals surface area contributed by atoms with Crippen LogP contribution in [-0.4, -0.2) is 31.2 Å². The highest BCUT2D eigenvalue weighted by molar-refractivity contribution is 5.92. The molecule has 0 fully saturated rings. The molecule has 5 nitrogen and oxygen atoms in total. The summed E-state index contributed by atoms with van der Waals surface area (Å²) in [5.74, 6) is 1.22. The quantitative estimate of drug-likeness (QED) is 0.782. The second-order valence-corrected chi connectivity index (χ2v) is 4.25. The first kappa shape index (κ1) is 12.8. The molecule has 1 aliphatic rings. The van der Waals surface area contributed by atoms with Gasteiger partial charge >= 0.3 is 0 Å². The van der Waals surface area contributed by atoms with Crippen LogP contribution >= 0.6 is 0 Å². The molecular weight excluding hydrogens is 232 g/mol. The predicted molar refractivity (Wildman–Crippen MR) is 67.8 cm³/mol. The van der Waals surface area contributed by atoms with Crippen molar-refractivity contribution in [2.75, 3.05) is 25.6 Å². The molecular formula is C13H18N2O3. The molecule has 1 amide bonds. The van der Waals surface area contributed by atoms with Gasteiger partial charge in [-0.25, -0.2) is 0 Å². The van der Waals surface area contributed by atoms with Crippen molar-refractivity contribution in [3.05, 3.63) is 17.7 Å². The molecule has 0 saturated carbocycles. The van der Waals surface area contributed by atoms with Crippen molar-refractivity contribution in [1.82, 2.24) is 4.98 Å². The largest absolute Gasteiger partial charge is 0.478 e. The molecule has 0 radical (unpaired) electrons. The maximum Gasteiger partial charge on any atom is 0.225 e. The Hall–Kier alpha value is -1.62. The van der Waals surface area contributed by atoms with Crippen LogP contribution in [0.2, 0.25) is 0 Å². The number of hydrogen-bond donors (Lipinski definition) is 1. The number of methoxy groups -OCH3 is 1. The Morgan fingerprint density at radius 1 is 1.28 bits per heavy atom. The highest BCUT2D eigenvalue weighted by atomic mass is 16.5. The van der Waals surface area contributed by atoms with E-state index in [9.17, 15) is 4.79 Å². The van der Waals surface area contributed by atoms with E-state index in [1.807, 2.05) is 12.1 Å². The summed E-state index contributed by atoms with van der Waals surface area (Å²) in [5.41, 5.74) is 1.07. The van der Waals surface area contributed by atoms with Crippen molar-refractivity contribution < 1.29 is 14.3 Å². The van der Waals surface area contributed by atoms with Gasteiger partial charge in [0.1, 0.15) is 5.82 Å². The summed E-state index contributed by atoms with van der Waals surface area (Å²) >= 11 is 0. The van der Waals surface area contributed by atoms with E-state index >= 15 is 0 Å². The fourth-order valence-electron chi connectivity index (χ4n) is 1.83. The summed E-state index contributed by atoms with van der Waals surface area (Å²) in [5, 5.41) is 2.76. The van der Waals surface area contributed by atoms with Crippen LogP contribution in [0.3, 0.4) is 0 Å². The number of ether oxygens (including phenoxy) is 2. The number of aryl methyl sites for hydroxylation is 1. The van der Waals surface area contributed by atoms with Gasteiger partial charge in [0.2, 0.25) is 11.8 Å². The summed E-state index contributed by atoms with van der Waals surface area (Å²) in [6.07, 6.45) is 3.19. The highest BCUT2D eigenvalue weighted by Crippen LogP contribution is 2.23. The van der Waals surface area contributed by atoms with E-state index in [2.05, 4.69) is 10.3 Å². The Balaban J connectivity index is 1.86. The molecule has 0 aromatic carbocycles. The molecule has 1 aliphatic heterocycles. The van der Waals surface area contributed by atoms with Crippen molar-refractivity contribution in [2.45, 2.75) is 25.7 Å². The van der Waals surface area contributed by atoms with Crippen molar-refractivity contribution in [2.24, 2.45) is 0 Å². The van der Waals surface area contributed by atoms with Crippen molar-refractivity contribution in [1.29, 1.82) is 0 Å². The molecule has 1 aromatic heterocycles. The Labute approximate surface area is 107 Å². The van der Waals surface area contributed by atoms with E-state index in [0.717, 1.165) is 31.4 Å². The fourth-order valence-corrected chi connectivity index (χ4v) is 1.83. The van der Waals surface area contributed by atoms with Crippen LogP contribution in [0.15, 0.2) is 12.1 Å². The number of anilines is 1. The standard InChI is InChI=1S/C13H18N2O3/c1-17-8-2-3-9-18-12-7-5-10-4-6-11(16)14-13(10)15-12/h5,7H,2-4,6,8-9H2,1H3,(H,14,15,16). The summed E-state index contributed by atoms with van der Waals surface area (Å²) in [6.45, 7) is 1.36. The van der Waals surface area contributed by atoms with Gasteiger partial charge in [-0.1, -0.05) is 0 Å². The number of carbonyl (C=O) groups excluding carboxylic acids is 1. The zero-order valence-electron chi connectivity index (χ0n) is 10.6. The number of pyridine rings is 1. The van der Waals surface area contributed by atoms with Gasteiger partial charge in [0.05, 0.1) is 6.61 Å². The monoisotopic (exact) mass is 250 g/mol. The average molecular weight is 250 g/mol. The van der Waals surface area contributed by atoms with Gasteiger partial charge < -0.3 is 14.8 Å². The van der Waals surface area contributed by atoms with Gasteiger partial charge in [0.15, 0.2) is 0 Å². The summed E-state index contributed by atoms with van der Waals surface area (Å²) in [4.78, 5) is 15.6. The molecule has 1 aromatic rings. The van der Waals surface area contributed by atoms with E-state index in [4.69, 9.17) is 9.47 Å². The van der Waals surface area contributed by atoms with E-state index in [-0.39, 0.29) is 5.91 Å². The van der Waals surface area contributed by atoms with Crippen LogP contribution in [0.1, 0.15) is 24.8 Å². The van der Waals surface area contributed by atoms with Crippen LogP contribution < -0.4 is 10.1 Å². The first-order valence-electron chi connectivity index (χ1n) is 6.21. The number of carbonyl (C=O) groups is 1. The number of nitrogens with one attached hydrogen (secondary N) is 1. The van der Waals surface area contributed by atoms with Gasteiger partial charge in [-0.15, -0.1) is 0 Å². The third-order valence-corrected chi connectivity index (χ3v) is 2.83. The number of fused-ring (bicyclic) bond motifs is 1. The van der Waals surface area contributed by atoms with Crippen molar-refractivity contribution in [3.8, 4) is 5.88 Å². The van der Waals surface area contributed by atoms with Crippen LogP contribution in [-0.2, 0) is 16.0 Å². The van der Waals surface area contributed by atoms with Crippen LogP contribution in [0.5, 0.6) is 5.88 Å². The minimum atomic E-state index is 0.0206. The number of aromatic nitrogens is 1. The Morgan fingerprint density at radius 2 is 2.11 bits per heavy atom. The number of rotatable bonds is 6. The smallest absolute Gasteiger partial charge is 0.225 e. The second-order valence-electron chi connectivity index (χ2n) is 4.25. The number of hydrogen-bond acceptors (Lipinski definition) is 4.